The molecule has 1 aromatic rings. The van der Waals surface area contributed by atoms with E-state index >= 15 is 0 Å². The van der Waals surface area contributed by atoms with Crippen molar-refractivity contribution in [2.75, 3.05) is 30.7 Å². The van der Waals surface area contributed by atoms with E-state index in [2.05, 4.69) is 10.2 Å². The highest BCUT2D eigenvalue weighted by molar-refractivity contribution is 5.93. The Morgan fingerprint density at radius 2 is 2.24 bits per heavy atom. The van der Waals surface area contributed by atoms with E-state index in [-0.39, 0.29) is 18.6 Å². The molecule has 1 aliphatic heterocycles. The van der Waals surface area contributed by atoms with Gasteiger partial charge < -0.3 is 16.2 Å². The molecule has 2 rings (SSSR count). The smallest absolute Gasteiger partial charge is 0.238 e. The van der Waals surface area contributed by atoms with Gasteiger partial charge in [-0.3, -0.25) is 9.69 Å². The second-order valence-electron chi connectivity index (χ2n) is 5.72. The molecule has 5 heteroatoms. The summed E-state index contributed by atoms with van der Waals surface area (Å²) in [5.74, 6) is -0.0518. The fourth-order valence-corrected chi connectivity index (χ4v) is 2.81. The van der Waals surface area contributed by atoms with Crippen molar-refractivity contribution in [3.63, 3.8) is 0 Å². The highest BCUT2D eigenvalue weighted by atomic mass is 16.3. The van der Waals surface area contributed by atoms with Gasteiger partial charge in [-0.2, -0.15) is 0 Å². The van der Waals surface area contributed by atoms with Crippen LogP contribution >= 0.6 is 0 Å². The van der Waals surface area contributed by atoms with Crippen LogP contribution < -0.4 is 11.1 Å². The van der Waals surface area contributed by atoms with Gasteiger partial charge in [0.2, 0.25) is 5.91 Å². The number of aliphatic hydroxyl groups is 1. The third-order valence-electron chi connectivity index (χ3n) is 4.21. The van der Waals surface area contributed by atoms with E-state index in [0.29, 0.717) is 12.2 Å². The van der Waals surface area contributed by atoms with Crippen molar-refractivity contribution in [1.82, 2.24) is 4.90 Å². The van der Waals surface area contributed by atoms with Gasteiger partial charge in [0, 0.05) is 17.4 Å². The zero-order valence-electron chi connectivity index (χ0n) is 12.6. The van der Waals surface area contributed by atoms with Crippen LogP contribution in [-0.2, 0) is 4.79 Å². The predicted octanol–water partition coefficient (Wildman–Crippen LogP) is 1.75. The second-order valence-corrected chi connectivity index (χ2v) is 5.72. The topological polar surface area (TPSA) is 78.6 Å². The molecular formula is C16H25N3O2. The van der Waals surface area contributed by atoms with Gasteiger partial charge in [0.05, 0.1) is 13.2 Å². The first-order valence-corrected chi connectivity index (χ1v) is 7.61. The molecule has 0 spiro atoms. The molecule has 1 atom stereocenters. The molecule has 1 unspecified atom stereocenters. The summed E-state index contributed by atoms with van der Waals surface area (Å²) in [6, 6.07) is 5.61. The van der Waals surface area contributed by atoms with Crippen LogP contribution in [0.15, 0.2) is 18.2 Å². The number of carbonyl (C=O) groups is 1. The van der Waals surface area contributed by atoms with Gasteiger partial charge in [0.25, 0.3) is 0 Å². The number of benzene rings is 1. The molecule has 0 radical (unpaired) electrons. The first kappa shape index (κ1) is 15.8. The summed E-state index contributed by atoms with van der Waals surface area (Å²) in [4.78, 5) is 14.3. The highest BCUT2D eigenvalue weighted by Crippen LogP contribution is 2.21. The first-order valence-electron chi connectivity index (χ1n) is 7.61. The zero-order valence-corrected chi connectivity index (χ0v) is 12.6. The number of amides is 1. The minimum Gasteiger partial charge on any atom is -0.398 e. The molecule has 1 fully saturated rings. The van der Waals surface area contributed by atoms with Crippen molar-refractivity contribution in [1.29, 1.82) is 0 Å². The highest BCUT2D eigenvalue weighted by Gasteiger charge is 2.22. The normalized spacial score (nSPS) is 20.0. The maximum Gasteiger partial charge on any atom is 0.238 e. The molecule has 0 saturated carbocycles. The summed E-state index contributed by atoms with van der Waals surface area (Å²) >= 11 is 0. The molecule has 1 amide bonds. The molecule has 1 aliphatic rings. The first-order chi connectivity index (χ1) is 10.1. The molecule has 0 aromatic heterocycles. The minimum atomic E-state index is -0.0518. The van der Waals surface area contributed by atoms with Crippen LogP contribution in [0.4, 0.5) is 11.4 Å². The lowest BCUT2D eigenvalue weighted by Gasteiger charge is -2.27. The van der Waals surface area contributed by atoms with Crippen molar-refractivity contribution in [3.05, 3.63) is 23.8 Å². The van der Waals surface area contributed by atoms with Crippen molar-refractivity contribution in [2.45, 2.75) is 38.6 Å². The number of rotatable bonds is 4. The fourth-order valence-electron chi connectivity index (χ4n) is 2.81. The Morgan fingerprint density at radius 1 is 1.43 bits per heavy atom. The monoisotopic (exact) mass is 291 g/mol. The van der Waals surface area contributed by atoms with Gasteiger partial charge in [-0.1, -0.05) is 18.9 Å². The Kier molecular flexibility index (Phi) is 5.59. The molecular weight excluding hydrogens is 266 g/mol. The Balaban J connectivity index is 1.98. The van der Waals surface area contributed by atoms with Crippen LogP contribution in [0, 0.1) is 6.92 Å². The molecule has 4 N–H and O–H groups in total. The van der Waals surface area contributed by atoms with Crippen molar-refractivity contribution < 1.29 is 9.90 Å². The maximum absolute atomic E-state index is 12.2. The minimum absolute atomic E-state index is 0.0518. The summed E-state index contributed by atoms with van der Waals surface area (Å²) in [6.07, 6.45) is 4.34. The van der Waals surface area contributed by atoms with Crippen molar-refractivity contribution >= 4 is 17.3 Å². The summed E-state index contributed by atoms with van der Waals surface area (Å²) in [6.45, 7) is 3.20. The number of anilines is 2. The lowest BCUT2D eigenvalue weighted by Crippen LogP contribution is -2.42. The fraction of sp³-hybridized carbons (Fsp3) is 0.562. The van der Waals surface area contributed by atoms with E-state index in [1.54, 1.807) is 0 Å². The van der Waals surface area contributed by atoms with E-state index < -0.39 is 0 Å². The van der Waals surface area contributed by atoms with Crippen LogP contribution in [0.5, 0.6) is 0 Å². The Bertz CT molecular complexity index is 490. The average Bonchev–Trinajstić information content (AvgIpc) is 2.69. The number of hydrogen-bond acceptors (Lipinski definition) is 4. The standard InChI is InChI=1S/C16H25N3O2/c1-12-14(17)7-5-8-15(12)18-16(21)10-19-9-4-2-3-6-13(19)11-20/h5,7-8,13,20H,2-4,6,9-11,17H2,1H3,(H,18,21). The molecule has 21 heavy (non-hydrogen) atoms. The van der Waals surface area contributed by atoms with E-state index in [9.17, 15) is 9.90 Å². The van der Waals surface area contributed by atoms with E-state index in [1.165, 1.54) is 6.42 Å². The lowest BCUT2D eigenvalue weighted by molar-refractivity contribution is -0.118. The van der Waals surface area contributed by atoms with Gasteiger partial charge >= 0.3 is 0 Å². The van der Waals surface area contributed by atoms with Gasteiger partial charge in [0.1, 0.15) is 0 Å². The largest absolute Gasteiger partial charge is 0.398 e. The predicted molar refractivity (Wildman–Crippen MR) is 85.1 cm³/mol. The summed E-state index contributed by atoms with van der Waals surface area (Å²) < 4.78 is 0. The van der Waals surface area contributed by atoms with Crippen LogP contribution in [-0.4, -0.2) is 41.7 Å². The number of aliphatic hydroxyl groups excluding tert-OH is 1. The number of nitrogens with zero attached hydrogens (tertiary/aromatic N) is 1. The van der Waals surface area contributed by atoms with Gasteiger partial charge in [0.15, 0.2) is 0 Å². The number of carbonyl (C=O) groups excluding carboxylic acids is 1. The third-order valence-corrected chi connectivity index (χ3v) is 4.21. The molecule has 1 aromatic carbocycles. The van der Waals surface area contributed by atoms with Crippen LogP contribution in [0.2, 0.25) is 0 Å². The Hall–Kier alpha value is -1.59. The second kappa shape index (κ2) is 7.43. The van der Waals surface area contributed by atoms with Gasteiger partial charge in [-0.25, -0.2) is 0 Å². The van der Waals surface area contributed by atoms with Crippen LogP contribution in [0.1, 0.15) is 31.2 Å². The molecule has 0 aliphatic carbocycles. The average molecular weight is 291 g/mol. The number of nitrogens with two attached hydrogens (primary N) is 1. The molecule has 0 bridgehead atoms. The number of likely N-dealkylation sites (tertiary alicyclic amines) is 1. The van der Waals surface area contributed by atoms with E-state index in [1.807, 2.05) is 25.1 Å². The van der Waals surface area contributed by atoms with E-state index in [0.717, 1.165) is 37.1 Å². The number of hydrogen-bond donors (Lipinski definition) is 3. The third kappa shape index (κ3) is 4.19. The van der Waals surface area contributed by atoms with Gasteiger partial charge in [-0.05, 0) is 44.0 Å². The lowest BCUT2D eigenvalue weighted by atomic mass is 10.1. The van der Waals surface area contributed by atoms with Crippen molar-refractivity contribution in [2.24, 2.45) is 0 Å². The molecule has 1 saturated heterocycles. The molecule has 5 nitrogen and oxygen atoms in total. The Morgan fingerprint density at radius 3 is 3.00 bits per heavy atom. The van der Waals surface area contributed by atoms with Crippen LogP contribution in [0.25, 0.3) is 0 Å². The Labute approximate surface area is 126 Å². The zero-order chi connectivity index (χ0) is 15.2. The maximum atomic E-state index is 12.2. The summed E-state index contributed by atoms with van der Waals surface area (Å²) in [5, 5.41) is 12.4. The van der Waals surface area contributed by atoms with E-state index in [4.69, 9.17) is 5.73 Å². The molecule has 1 heterocycles. The summed E-state index contributed by atoms with van der Waals surface area (Å²) in [7, 11) is 0. The number of nitrogen functional groups attached to an aromatic ring is 1. The van der Waals surface area contributed by atoms with Gasteiger partial charge in [-0.15, -0.1) is 0 Å². The van der Waals surface area contributed by atoms with Crippen molar-refractivity contribution in [3.8, 4) is 0 Å². The van der Waals surface area contributed by atoms with Crippen LogP contribution in [0.3, 0.4) is 0 Å². The number of nitrogens with one attached hydrogen (secondary N) is 1. The molecule has 116 valence electrons. The quantitative estimate of drug-likeness (QED) is 0.739. The SMILES string of the molecule is Cc1c(N)cccc1NC(=O)CN1CCCCCC1CO. The summed E-state index contributed by atoms with van der Waals surface area (Å²) in [5.41, 5.74) is 8.18.